The normalized spacial score (nSPS) is 22.3. The molecule has 1 saturated heterocycles. The minimum atomic E-state index is -0.265. The number of hydrogen-bond acceptors (Lipinski definition) is 3. The van der Waals surface area contributed by atoms with E-state index in [0.717, 1.165) is 19.3 Å². The first-order valence-electron chi connectivity index (χ1n) is 5.97. The summed E-state index contributed by atoms with van der Waals surface area (Å²) in [6.07, 6.45) is 3.57. The molecule has 0 aromatic carbocycles. The molecule has 92 valence electrons. The topological polar surface area (TPSA) is 46.6 Å². The lowest BCUT2D eigenvalue weighted by Crippen LogP contribution is -2.35. The fourth-order valence-electron chi connectivity index (χ4n) is 2.14. The quantitative estimate of drug-likeness (QED) is 0.670. The fourth-order valence-corrected chi connectivity index (χ4v) is 2.14. The standard InChI is InChI=1S/C12H21NO3/c1-4-5-6-9(2)13-8-10(7-11(13)14)12(15)16-3/h9-10H,4-8H2,1-3H3. The number of methoxy groups -OCH3 is 1. The zero-order valence-electron chi connectivity index (χ0n) is 10.4. The van der Waals surface area contributed by atoms with Crippen molar-refractivity contribution in [3.05, 3.63) is 0 Å². The van der Waals surface area contributed by atoms with Gasteiger partial charge in [0.2, 0.25) is 5.91 Å². The first kappa shape index (κ1) is 13.0. The Labute approximate surface area is 96.9 Å². The molecule has 0 bridgehead atoms. The van der Waals surface area contributed by atoms with Gasteiger partial charge in [0.25, 0.3) is 0 Å². The second-order valence-electron chi connectivity index (χ2n) is 4.46. The second kappa shape index (κ2) is 5.87. The predicted octanol–water partition coefficient (Wildman–Crippen LogP) is 1.59. The summed E-state index contributed by atoms with van der Waals surface area (Å²) in [6, 6.07) is 0.238. The molecule has 0 N–H and O–H groups in total. The van der Waals surface area contributed by atoms with Crippen molar-refractivity contribution in [1.82, 2.24) is 4.90 Å². The number of carbonyl (C=O) groups excluding carboxylic acids is 2. The van der Waals surface area contributed by atoms with E-state index in [1.54, 1.807) is 0 Å². The maximum Gasteiger partial charge on any atom is 0.310 e. The summed E-state index contributed by atoms with van der Waals surface area (Å²) in [6.45, 7) is 4.71. The molecule has 1 heterocycles. The third kappa shape index (κ3) is 2.97. The summed E-state index contributed by atoms with van der Waals surface area (Å²) >= 11 is 0. The van der Waals surface area contributed by atoms with Crippen molar-refractivity contribution in [2.45, 2.75) is 45.6 Å². The van der Waals surface area contributed by atoms with E-state index in [1.165, 1.54) is 7.11 Å². The van der Waals surface area contributed by atoms with E-state index in [1.807, 2.05) is 11.8 Å². The van der Waals surface area contributed by atoms with Gasteiger partial charge >= 0.3 is 5.97 Å². The molecule has 1 aliphatic rings. The number of carbonyl (C=O) groups is 2. The van der Waals surface area contributed by atoms with Crippen molar-refractivity contribution in [1.29, 1.82) is 0 Å². The third-order valence-corrected chi connectivity index (χ3v) is 3.20. The van der Waals surface area contributed by atoms with E-state index in [0.29, 0.717) is 13.0 Å². The van der Waals surface area contributed by atoms with Crippen LogP contribution in [0, 0.1) is 5.92 Å². The number of likely N-dealkylation sites (tertiary alicyclic amines) is 1. The van der Waals surface area contributed by atoms with Crippen LogP contribution in [-0.4, -0.2) is 36.5 Å². The Morgan fingerprint density at radius 2 is 2.31 bits per heavy atom. The van der Waals surface area contributed by atoms with E-state index in [9.17, 15) is 9.59 Å². The van der Waals surface area contributed by atoms with E-state index < -0.39 is 0 Å². The Bertz CT molecular complexity index is 265. The summed E-state index contributed by atoms with van der Waals surface area (Å²) in [5, 5.41) is 0. The fraction of sp³-hybridized carbons (Fsp3) is 0.833. The van der Waals surface area contributed by atoms with Crippen molar-refractivity contribution in [3.63, 3.8) is 0 Å². The van der Waals surface area contributed by atoms with Gasteiger partial charge in [-0.15, -0.1) is 0 Å². The minimum absolute atomic E-state index is 0.0824. The van der Waals surface area contributed by atoms with Gasteiger partial charge in [0.1, 0.15) is 0 Å². The van der Waals surface area contributed by atoms with Crippen molar-refractivity contribution in [2.24, 2.45) is 5.92 Å². The zero-order valence-corrected chi connectivity index (χ0v) is 10.4. The first-order chi connectivity index (χ1) is 7.60. The van der Waals surface area contributed by atoms with Crippen LogP contribution in [0.5, 0.6) is 0 Å². The van der Waals surface area contributed by atoms with Gasteiger partial charge in [0, 0.05) is 19.0 Å². The molecule has 0 radical (unpaired) electrons. The molecule has 0 saturated carbocycles. The van der Waals surface area contributed by atoms with Gasteiger partial charge in [0.15, 0.2) is 0 Å². The van der Waals surface area contributed by atoms with Crippen molar-refractivity contribution in [2.75, 3.05) is 13.7 Å². The largest absolute Gasteiger partial charge is 0.469 e. The maximum absolute atomic E-state index is 11.7. The van der Waals surface area contributed by atoms with E-state index in [4.69, 9.17) is 0 Å². The van der Waals surface area contributed by atoms with Crippen molar-refractivity contribution in [3.8, 4) is 0 Å². The molecule has 1 amide bonds. The Balaban J connectivity index is 2.50. The average molecular weight is 227 g/mol. The Hall–Kier alpha value is -1.06. The van der Waals surface area contributed by atoms with Gasteiger partial charge in [-0.1, -0.05) is 19.8 Å². The molecule has 0 spiro atoms. The molecule has 0 aromatic rings. The van der Waals surface area contributed by atoms with Crippen molar-refractivity contribution >= 4 is 11.9 Å². The van der Waals surface area contributed by atoms with Crippen LogP contribution in [0.1, 0.15) is 39.5 Å². The van der Waals surface area contributed by atoms with Crippen LogP contribution in [0.25, 0.3) is 0 Å². The van der Waals surface area contributed by atoms with Crippen LogP contribution in [0.3, 0.4) is 0 Å². The molecular formula is C12H21NO3. The summed E-state index contributed by atoms with van der Waals surface area (Å²) in [4.78, 5) is 24.9. The van der Waals surface area contributed by atoms with Gasteiger partial charge in [0.05, 0.1) is 13.0 Å². The summed E-state index contributed by atoms with van der Waals surface area (Å²) in [5.41, 5.74) is 0. The zero-order chi connectivity index (χ0) is 12.1. The Morgan fingerprint density at radius 3 is 2.88 bits per heavy atom. The minimum Gasteiger partial charge on any atom is -0.469 e. The Kier molecular flexibility index (Phi) is 4.77. The number of unbranched alkanes of at least 4 members (excludes halogenated alkanes) is 1. The number of ether oxygens (including phenoxy) is 1. The highest BCUT2D eigenvalue weighted by atomic mass is 16.5. The van der Waals surface area contributed by atoms with Gasteiger partial charge in [-0.3, -0.25) is 9.59 Å². The lowest BCUT2D eigenvalue weighted by Gasteiger charge is -2.24. The maximum atomic E-state index is 11.7. The Morgan fingerprint density at radius 1 is 1.62 bits per heavy atom. The number of rotatable bonds is 5. The van der Waals surface area contributed by atoms with Crippen LogP contribution < -0.4 is 0 Å². The van der Waals surface area contributed by atoms with Crippen LogP contribution in [-0.2, 0) is 14.3 Å². The highest BCUT2D eigenvalue weighted by molar-refractivity contribution is 5.86. The monoisotopic (exact) mass is 227 g/mol. The van der Waals surface area contributed by atoms with Gasteiger partial charge < -0.3 is 9.64 Å². The number of nitrogens with zero attached hydrogens (tertiary/aromatic N) is 1. The SMILES string of the molecule is CCCCC(C)N1CC(C(=O)OC)CC1=O. The second-order valence-corrected chi connectivity index (χ2v) is 4.46. The van der Waals surface area contributed by atoms with Crippen LogP contribution >= 0.6 is 0 Å². The van der Waals surface area contributed by atoms with Crippen LogP contribution in [0.4, 0.5) is 0 Å². The third-order valence-electron chi connectivity index (χ3n) is 3.20. The predicted molar refractivity (Wildman–Crippen MR) is 60.8 cm³/mol. The van der Waals surface area contributed by atoms with E-state index in [-0.39, 0.29) is 23.8 Å². The molecule has 0 aromatic heterocycles. The van der Waals surface area contributed by atoms with Crippen molar-refractivity contribution < 1.29 is 14.3 Å². The molecule has 2 atom stereocenters. The average Bonchev–Trinajstić information content (AvgIpc) is 2.67. The number of amides is 1. The number of esters is 1. The van der Waals surface area contributed by atoms with Crippen LogP contribution in [0.2, 0.25) is 0 Å². The molecule has 16 heavy (non-hydrogen) atoms. The van der Waals surface area contributed by atoms with Crippen LogP contribution in [0.15, 0.2) is 0 Å². The molecule has 4 nitrogen and oxygen atoms in total. The molecule has 2 unspecified atom stereocenters. The lowest BCUT2D eigenvalue weighted by molar-refractivity contribution is -0.145. The number of hydrogen-bond donors (Lipinski definition) is 0. The van der Waals surface area contributed by atoms with Gasteiger partial charge in [-0.2, -0.15) is 0 Å². The molecular weight excluding hydrogens is 206 g/mol. The molecule has 0 aliphatic carbocycles. The smallest absolute Gasteiger partial charge is 0.310 e. The molecule has 1 fully saturated rings. The highest BCUT2D eigenvalue weighted by Crippen LogP contribution is 2.23. The summed E-state index contributed by atoms with van der Waals surface area (Å²) in [7, 11) is 1.37. The van der Waals surface area contributed by atoms with Gasteiger partial charge in [-0.25, -0.2) is 0 Å². The van der Waals surface area contributed by atoms with E-state index in [2.05, 4.69) is 11.7 Å². The van der Waals surface area contributed by atoms with E-state index >= 15 is 0 Å². The lowest BCUT2D eigenvalue weighted by atomic mass is 10.1. The molecule has 4 heteroatoms. The molecule has 1 aliphatic heterocycles. The molecule has 1 rings (SSSR count). The van der Waals surface area contributed by atoms with Gasteiger partial charge in [-0.05, 0) is 13.3 Å². The summed E-state index contributed by atoms with van der Waals surface area (Å²) in [5.74, 6) is -0.445. The summed E-state index contributed by atoms with van der Waals surface area (Å²) < 4.78 is 4.67. The highest BCUT2D eigenvalue weighted by Gasteiger charge is 2.36. The first-order valence-corrected chi connectivity index (χ1v) is 5.97.